The van der Waals surface area contributed by atoms with Crippen LogP contribution in [0.1, 0.15) is 19.3 Å². The van der Waals surface area contributed by atoms with Gasteiger partial charge in [-0.3, -0.25) is 0 Å². The number of unbranched alkanes of at least 4 members (excludes halogenated alkanes) is 1. The molecule has 2 aromatic rings. The Hall–Kier alpha value is -1.90. The highest BCUT2D eigenvalue weighted by Crippen LogP contribution is 2.51. The molecular formula is C18H20ClO4P. The zero-order valence-electron chi connectivity index (χ0n) is 13.3. The zero-order chi connectivity index (χ0) is 17.3. The van der Waals surface area contributed by atoms with E-state index in [0.29, 0.717) is 29.6 Å². The first-order valence-electron chi connectivity index (χ1n) is 7.64. The van der Waals surface area contributed by atoms with Gasteiger partial charge in [0, 0.05) is 12.3 Å². The molecule has 0 aliphatic rings. The van der Waals surface area contributed by atoms with Crippen LogP contribution in [0.15, 0.2) is 73.0 Å². The van der Waals surface area contributed by atoms with Gasteiger partial charge in [-0.1, -0.05) is 43.0 Å². The molecule has 0 N–H and O–H groups in total. The first-order valence-corrected chi connectivity index (χ1v) is 9.63. The number of benzene rings is 2. The summed E-state index contributed by atoms with van der Waals surface area (Å²) in [6.45, 7) is 3.80. The van der Waals surface area contributed by atoms with Crippen LogP contribution >= 0.6 is 19.4 Å². The van der Waals surface area contributed by atoms with Gasteiger partial charge in [0.2, 0.25) is 0 Å². The number of hydrogen-bond donors (Lipinski definition) is 0. The molecule has 0 spiro atoms. The average Bonchev–Trinajstić information content (AvgIpc) is 2.56. The fourth-order valence-corrected chi connectivity index (χ4v) is 3.37. The van der Waals surface area contributed by atoms with E-state index in [1.807, 2.05) is 12.1 Å². The predicted molar refractivity (Wildman–Crippen MR) is 96.5 cm³/mol. The van der Waals surface area contributed by atoms with Crippen molar-refractivity contribution in [3.05, 3.63) is 73.0 Å². The summed E-state index contributed by atoms with van der Waals surface area (Å²) >= 11 is 5.66. The van der Waals surface area contributed by atoms with Crippen molar-refractivity contribution in [2.24, 2.45) is 0 Å². The third kappa shape index (κ3) is 6.31. The Morgan fingerprint density at radius 2 is 1.42 bits per heavy atom. The van der Waals surface area contributed by atoms with E-state index in [2.05, 4.69) is 6.58 Å². The van der Waals surface area contributed by atoms with E-state index < -0.39 is 7.82 Å². The number of alkyl halides is 1. The van der Waals surface area contributed by atoms with Gasteiger partial charge in [0.25, 0.3) is 0 Å². The second-order valence-corrected chi connectivity index (χ2v) is 6.85. The number of rotatable bonds is 10. The SMILES string of the molecule is C=C(CCCCCl)OP(=O)(Oc1ccccc1)Oc1ccccc1. The summed E-state index contributed by atoms with van der Waals surface area (Å²) in [6.07, 6.45) is 2.15. The van der Waals surface area contributed by atoms with Crippen molar-refractivity contribution in [3.63, 3.8) is 0 Å². The molecule has 0 saturated carbocycles. The van der Waals surface area contributed by atoms with Gasteiger partial charge in [0.05, 0.1) is 0 Å². The topological polar surface area (TPSA) is 44.8 Å². The van der Waals surface area contributed by atoms with Crippen molar-refractivity contribution in [2.75, 3.05) is 5.88 Å². The Balaban J connectivity index is 2.11. The molecule has 0 radical (unpaired) electrons. The number of halogens is 1. The number of para-hydroxylation sites is 2. The van der Waals surface area contributed by atoms with Crippen LogP contribution in [0.5, 0.6) is 11.5 Å². The maximum Gasteiger partial charge on any atom is 0.646 e. The van der Waals surface area contributed by atoms with Crippen molar-refractivity contribution in [3.8, 4) is 11.5 Å². The Morgan fingerprint density at radius 3 is 1.88 bits per heavy atom. The van der Waals surface area contributed by atoms with Gasteiger partial charge in [-0.2, -0.15) is 4.57 Å². The predicted octanol–water partition coefficient (Wildman–Crippen LogP) is 6.19. The molecule has 0 aliphatic heterocycles. The molecule has 0 amide bonds. The standard InChI is InChI=1S/C18H20ClO4P/c1-16(10-8-9-15-19)21-24(20,22-17-11-4-2-5-12-17)23-18-13-6-3-7-14-18/h2-7,11-14H,1,8-10,15H2. The number of allylic oxidation sites excluding steroid dienone is 1. The minimum atomic E-state index is -3.90. The highest BCUT2D eigenvalue weighted by molar-refractivity contribution is 7.49. The van der Waals surface area contributed by atoms with E-state index in [0.717, 1.165) is 12.8 Å². The van der Waals surface area contributed by atoms with E-state index in [4.69, 9.17) is 25.2 Å². The lowest BCUT2D eigenvalue weighted by molar-refractivity contribution is 0.250. The monoisotopic (exact) mass is 366 g/mol. The molecule has 0 unspecified atom stereocenters. The van der Waals surface area contributed by atoms with Crippen LogP contribution in [-0.4, -0.2) is 5.88 Å². The highest BCUT2D eigenvalue weighted by Gasteiger charge is 2.33. The molecule has 0 atom stereocenters. The largest absolute Gasteiger partial charge is 0.646 e. The Morgan fingerprint density at radius 1 is 0.917 bits per heavy atom. The minimum absolute atomic E-state index is 0.343. The van der Waals surface area contributed by atoms with Gasteiger partial charge in [-0.05, 0) is 37.1 Å². The fourth-order valence-electron chi connectivity index (χ4n) is 1.90. The molecular weight excluding hydrogens is 347 g/mol. The second-order valence-electron chi connectivity index (χ2n) is 5.03. The van der Waals surface area contributed by atoms with Gasteiger partial charge in [-0.25, -0.2) is 0 Å². The maximum atomic E-state index is 13.0. The van der Waals surface area contributed by atoms with E-state index in [1.54, 1.807) is 48.5 Å². The minimum Gasteiger partial charge on any atom is -0.391 e. The average molecular weight is 367 g/mol. The highest BCUT2D eigenvalue weighted by atomic mass is 35.5. The summed E-state index contributed by atoms with van der Waals surface area (Å²) in [5.74, 6) is 1.69. The molecule has 128 valence electrons. The van der Waals surface area contributed by atoms with E-state index in [1.165, 1.54) is 0 Å². The van der Waals surface area contributed by atoms with Crippen molar-refractivity contribution in [2.45, 2.75) is 19.3 Å². The molecule has 0 aliphatic carbocycles. The van der Waals surface area contributed by atoms with Crippen LogP contribution in [0.2, 0.25) is 0 Å². The number of phosphoric acid groups is 1. The van der Waals surface area contributed by atoms with Crippen LogP contribution in [-0.2, 0) is 9.09 Å². The molecule has 2 aromatic carbocycles. The second kappa shape index (κ2) is 9.41. The Kier molecular flexibility index (Phi) is 7.23. The van der Waals surface area contributed by atoms with Crippen molar-refractivity contribution >= 4 is 19.4 Å². The zero-order valence-corrected chi connectivity index (χ0v) is 14.9. The van der Waals surface area contributed by atoms with Gasteiger partial charge >= 0.3 is 7.82 Å². The summed E-state index contributed by atoms with van der Waals surface area (Å²) in [6, 6.07) is 17.5. The molecule has 2 rings (SSSR count). The molecule has 0 fully saturated rings. The fraction of sp³-hybridized carbons (Fsp3) is 0.222. The molecule has 6 heteroatoms. The van der Waals surface area contributed by atoms with Gasteiger partial charge in [-0.15, -0.1) is 11.6 Å². The summed E-state index contributed by atoms with van der Waals surface area (Å²) in [4.78, 5) is 0. The number of phosphoric ester groups is 1. The third-order valence-corrected chi connectivity index (χ3v) is 4.62. The normalized spacial score (nSPS) is 10.9. The summed E-state index contributed by atoms with van der Waals surface area (Å²) in [5, 5.41) is 0. The van der Waals surface area contributed by atoms with E-state index in [9.17, 15) is 4.57 Å². The van der Waals surface area contributed by atoms with Crippen molar-refractivity contribution in [1.82, 2.24) is 0 Å². The van der Waals surface area contributed by atoms with Crippen LogP contribution in [0, 0.1) is 0 Å². The summed E-state index contributed by atoms with van der Waals surface area (Å²) < 4.78 is 29.5. The Bertz CT molecular complexity index is 630. The van der Waals surface area contributed by atoms with E-state index >= 15 is 0 Å². The molecule has 0 heterocycles. The van der Waals surface area contributed by atoms with Gasteiger partial charge in [0.15, 0.2) is 0 Å². The third-order valence-electron chi connectivity index (χ3n) is 3.00. The molecule has 0 saturated heterocycles. The smallest absolute Gasteiger partial charge is 0.391 e. The lowest BCUT2D eigenvalue weighted by Gasteiger charge is -2.20. The molecule has 0 aromatic heterocycles. The van der Waals surface area contributed by atoms with Gasteiger partial charge in [0.1, 0.15) is 17.3 Å². The number of hydrogen-bond acceptors (Lipinski definition) is 4. The van der Waals surface area contributed by atoms with Crippen molar-refractivity contribution < 1.29 is 18.1 Å². The summed E-state index contributed by atoms with van der Waals surface area (Å²) in [5.41, 5.74) is 0. The van der Waals surface area contributed by atoms with Crippen LogP contribution < -0.4 is 9.05 Å². The molecule has 24 heavy (non-hydrogen) atoms. The van der Waals surface area contributed by atoms with Crippen molar-refractivity contribution in [1.29, 1.82) is 0 Å². The van der Waals surface area contributed by atoms with Crippen LogP contribution in [0.25, 0.3) is 0 Å². The first kappa shape index (κ1) is 18.4. The summed E-state index contributed by atoms with van der Waals surface area (Å²) in [7, 11) is -3.90. The van der Waals surface area contributed by atoms with E-state index in [-0.39, 0.29) is 0 Å². The maximum absolute atomic E-state index is 13.0. The lowest BCUT2D eigenvalue weighted by Crippen LogP contribution is -2.05. The van der Waals surface area contributed by atoms with Crippen LogP contribution in [0.3, 0.4) is 0 Å². The lowest BCUT2D eigenvalue weighted by atomic mass is 10.2. The Labute approximate surface area is 147 Å². The van der Waals surface area contributed by atoms with Gasteiger partial charge < -0.3 is 13.6 Å². The molecule has 0 bridgehead atoms. The molecule has 4 nitrogen and oxygen atoms in total. The van der Waals surface area contributed by atoms with Crippen LogP contribution in [0.4, 0.5) is 0 Å². The first-order chi connectivity index (χ1) is 11.6. The quantitative estimate of drug-likeness (QED) is 0.217.